The zero-order chi connectivity index (χ0) is 21.4. The summed E-state index contributed by atoms with van der Waals surface area (Å²) in [6.45, 7) is 1.57. The van der Waals surface area contributed by atoms with Gasteiger partial charge in [-0.15, -0.1) is 5.10 Å². The molecule has 0 spiro atoms. The fourth-order valence-electron chi connectivity index (χ4n) is 3.94. The molecule has 3 aromatic rings. The van der Waals surface area contributed by atoms with Crippen molar-refractivity contribution in [2.75, 3.05) is 28.8 Å². The number of carbonyl (C=O) groups is 1. The Morgan fingerprint density at radius 3 is 2.87 bits per heavy atom. The number of hydrogen-bond donors (Lipinski definition) is 1. The summed E-state index contributed by atoms with van der Waals surface area (Å²) in [5.41, 5.74) is 3.45. The van der Waals surface area contributed by atoms with Crippen molar-refractivity contribution in [2.24, 2.45) is 0 Å². The quantitative estimate of drug-likeness (QED) is 0.481. The molecule has 1 saturated heterocycles. The number of fused-ring (bicyclic) bond motifs is 1. The van der Waals surface area contributed by atoms with Gasteiger partial charge in [0.25, 0.3) is 0 Å². The van der Waals surface area contributed by atoms with E-state index in [2.05, 4.69) is 22.2 Å². The molecule has 1 aromatic heterocycles. The predicted octanol–water partition coefficient (Wildman–Crippen LogP) is 3.18. The third kappa shape index (κ3) is 3.84. The first-order valence-corrected chi connectivity index (χ1v) is 10.8. The van der Waals surface area contributed by atoms with Gasteiger partial charge in [0.05, 0.1) is 23.9 Å². The van der Waals surface area contributed by atoms with Gasteiger partial charge >= 0.3 is 6.09 Å². The average molecular weight is 441 g/mol. The second-order valence-electron chi connectivity index (χ2n) is 7.31. The van der Waals surface area contributed by atoms with E-state index in [1.54, 1.807) is 12.1 Å². The van der Waals surface area contributed by atoms with Crippen LogP contribution in [0.1, 0.15) is 17.4 Å². The molecule has 1 atom stereocenters. The molecule has 0 aliphatic carbocycles. The van der Waals surface area contributed by atoms with Crippen LogP contribution in [-0.2, 0) is 17.7 Å². The van der Waals surface area contributed by atoms with Crippen molar-refractivity contribution >= 4 is 29.2 Å². The fraction of sp³-hybridized carbons (Fsp3) is 0.286. The van der Waals surface area contributed by atoms with Crippen molar-refractivity contribution in [2.45, 2.75) is 24.3 Å². The maximum atomic E-state index is 15.0. The third-order valence-corrected chi connectivity index (χ3v) is 6.06. The molecule has 0 unspecified atom stereocenters. The predicted molar refractivity (Wildman–Crippen MR) is 113 cm³/mol. The van der Waals surface area contributed by atoms with Crippen molar-refractivity contribution in [1.82, 2.24) is 14.8 Å². The van der Waals surface area contributed by atoms with Gasteiger partial charge in [0.15, 0.2) is 0 Å². The van der Waals surface area contributed by atoms with E-state index in [-0.39, 0.29) is 18.3 Å². The number of hydrogen-bond acceptors (Lipinski definition) is 7. The number of halogens is 1. The maximum Gasteiger partial charge on any atom is 0.416 e. The molecule has 5 rings (SSSR count). The number of nitrogens with zero attached hydrogens (tertiary/aromatic N) is 5. The molecule has 3 heterocycles. The Labute approximate surface area is 182 Å². The molecule has 2 aliphatic heterocycles. The molecule has 1 fully saturated rings. The number of aliphatic hydroxyl groups is 1. The SMILES string of the molecule is O=C1O[C@H](n2cnc(SCO)n2)CN1c1ccc(N2CCc3ccccc3C2)c(F)c1. The van der Waals surface area contributed by atoms with Gasteiger partial charge in [-0.2, -0.15) is 0 Å². The van der Waals surface area contributed by atoms with Crippen molar-refractivity contribution in [3.8, 4) is 0 Å². The maximum absolute atomic E-state index is 15.0. The van der Waals surface area contributed by atoms with Crippen LogP contribution in [0.2, 0.25) is 0 Å². The number of carbonyl (C=O) groups excluding carboxylic acids is 1. The topological polar surface area (TPSA) is 83.7 Å². The molecule has 0 bridgehead atoms. The van der Waals surface area contributed by atoms with Gasteiger partial charge in [0.2, 0.25) is 11.4 Å². The van der Waals surface area contributed by atoms with Crippen LogP contribution in [0.5, 0.6) is 0 Å². The largest absolute Gasteiger partial charge is 0.421 e. The molecule has 2 aromatic carbocycles. The Hall–Kier alpha value is -3.11. The highest BCUT2D eigenvalue weighted by Crippen LogP contribution is 2.32. The summed E-state index contributed by atoms with van der Waals surface area (Å²) in [5.74, 6) is -0.523. The van der Waals surface area contributed by atoms with Crippen LogP contribution < -0.4 is 9.80 Å². The Morgan fingerprint density at radius 2 is 2.06 bits per heavy atom. The van der Waals surface area contributed by atoms with Crippen molar-refractivity contribution in [3.05, 3.63) is 65.7 Å². The number of thioether (sulfide) groups is 1. The van der Waals surface area contributed by atoms with E-state index in [1.165, 1.54) is 33.1 Å². The van der Waals surface area contributed by atoms with E-state index in [4.69, 9.17) is 9.84 Å². The van der Waals surface area contributed by atoms with Crippen molar-refractivity contribution in [1.29, 1.82) is 0 Å². The normalized spacial score (nSPS) is 18.3. The summed E-state index contributed by atoms with van der Waals surface area (Å²) in [4.78, 5) is 19.8. The zero-order valence-corrected chi connectivity index (χ0v) is 17.3. The third-order valence-electron chi connectivity index (χ3n) is 5.49. The number of cyclic esters (lactones) is 1. The van der Waals surface area contributed by atoms with Gasteiger partial charge < -0.3 is 14.7 Å². The summed E-state index contributed by atoms with van der Waals surface area (Å²) in [7, 11) is 0. The molecular weight excluding hydrogens is 421 g/mol. The highest BCUT2D eigenvalue weighted by Gasteiger charge is 2.35. The van der Waals surface area contributed by atoms with E-state index in [0.717, 1.165) is 24.7 Å². The molecule has 0 saturated carbocycles. The van der Waals surface area contributed by atoms with Crippen LogP contribution in [0, 0.1) is 5.82 Å². The minimum absolute atomic E-state index is 0.144. The molecular formula is C21H20FN5O3S. The first-order valence-electron chi connectivity index (χ1n) is 9.86. The van der Waals surface area contributed by atoms with E-state index in [0.29, 0.717) is 23.1 Å². The smallest absolute Gasteiger partial charge is 0.416 e. The molecule has 10 heteroatoms. The van der Waals surface area contributed by atoms with Crippen molar-refractivity contribution in [3.63, 3.8) is 0 Å². The summed E-state index contributed by atoms with van der Waals surface area (Å²) < 4.78 is 21.8. The Kier molecular flexibility index (Phi) is 5.24. The highest BCUT2D eigenvalue weighted by molar-refractivity contribution is 7.98. The van der Waals surface area contributed by atoms with E-state index < -0.39 is 12.3 Å². The van der Waals surface area contributed by atoms with Crippen LogP contribution in [0.25, 0.3) is 0 Å². The second kappa shape index (κ2) is 8.20. The fourth-order valence-corrected chi connectivity index (χ4v) is 4.33. The van der Waals surface area contributed by atoms with Crippen LogP contribution in [0.15, 0.2) is 53.9 Å². The number of rotatable bonds is 5. The number of amides is 1. The molecule has 2 aliphatic rings. The van der Waals surface area contributed by atoms with Crippen LogP contribution in [0.3, 0.4) is 0 Å². The molecule has 1 N–H and O–H groups in total. The van der Waals surface area contributed by atoms with E-state index in [1.807, 2.05) is 17.0 Å². The van der Waals surface area contributed by atoms with Gasteiger partial charge in [-0.25, -0.2) is 18.9 Å². The van der Waals surface area contributed by atoms with Gasteiger partial charge in [-0.05, 0) is 35.7 Å². The molecule has 160 valence electrons. The summed E-state index contributed by atoms with van der Waals surface area (Å²) in [5, 5.41) is 13.5. The standard InChI is InChI=1S/C21H20FN5O3S/c22-17-9-16(5-6-18(17)25-8-7-14-3-1-2-4-15(14)10-25)26-11-19(30-21(26)29)27-12-23-20(24-27)31-13-28/h1-6,9,12,19,28H,7-8,10-11,13H2/t19-/m0/s1. The van der Waals surface area contributed by atoms with Gasteiger partial charge in [0.1, 0.15) is 12.1 Å². The van der Waals surface area contributed by atoms with E-state index >= 15 is 4.39 Å². The monoisotopic (exact) mass is 441 g/mol. The highest BCUT2D eigenvalue weighted by atomic mass is 32.2. The first-order chi connectivity index (χ1) is 15.1. The summed E-state index contributed by atoms with van der Waals surface area (Å²) in [6.07, 6.45) is 1.06. The number of anilines is 2. The lowest BCUT2D eigenvalue weighted by molar-refractivity contribution is 0.0926. The van der Waals surface area contributed by atoms with Crippen LogP contribution >= 0.6 is 11.8 Å². The number of benzene rings is 2. The Balaban J connectivity index is 1.32. The van der Waals surface area contributed by atoms with Crippen LogP contribution in [0.4, 0.5) is 20.6 Å². The molecule has 8 nitrogen and oxygen atoms in total. The number of ether oxygens (including phenoxy) is 1. The van der Waals surface area contributed by atoms with Crippen molar-refractivity contribution < 1.29 is 19.0 Å². The van der Waals surface area contributed by atoms with Gasteiger partial charge in [-0.3, -0.25) is 4.90 Å². The zero-order valence-electron chi connectivity index (χ0n) is 16.5. The minimum atomic E-state index is -0.672. The number of aliphatic hydroxyl groups excluding tert-OH is 1. The minimum Gasteiger partial charge on any atom is -0.421 e. The lowest BCUT2D eigenvalue weighted by atomic mass is 9.99. The van der Waals surface area contributed by atoms with E-state index in [9.17, 15) is 4.79 Å². The number of aromatic nitrogens is 3. The molecule has 1 amide bonds. The second-order valence-corrected chi connectivity index (χ2v) is 8.22. The lowest BCUT2D eigenvalue weighted by Gasteiger charge is -2.31. The molecule has 31 heavy (non-hydrogen) atoms. The summed E-state index contributed by atoms with van der Waals surface area (Å²) in [6, 6.07) is 13.0. The summed E-state index contributed by atoms with van der Waals surface area (Å²) >= 11 is 1.07. The van der Waals surface area contributed by atoms with Gasteiger partial charge in [0, 0.05) is 13.1 Å². The van der Waals surface area contributed by atoms with Gasteiger partial charge in [-0.1, -0.05) is 36.0 Å². The lowest BCUT2D eigenvalue weighted by Crippen LogP contribution is -2.31. The Morgan fingerprint density at radius 1 is 1.23 bits per heavy atom. The first kappa shape index (κ1) is 19.8. The van der Waals surface area contributed by atoms with Crippen LogP contribution in [-0.4, -0.2) is 45.0 Å². The average Bonchev–Trinajstić information content (AvgIpc) is 3.40. The molecule has 0 radical (unpaired) electrons. The Bertz CT molecular complexity index is 1120.